The average molecular weight is 258 g/mol. The zero-order valence-electron chi connectivity index (χ0n) is 10.7. The fraction of sp³-hybridized carbons (Fsp3) is 0.727. The standard InChI is InChI=1S/C11H18N2O5/c1-6-4-13(5-8(6)10(16)18-3)11(17)12-7(2)9(14)15/h6-8H,4-5H2,1-3H3,(H,12,17)(H,14,15)/t6?,7-,8?/m1/s1. The zero-order chi connectivity index (χ0) is 13.9. The lowest BCUT2D eigenvalue weighted by atomic mass is 9.99. The molecule has 0 spiro atoms. The highest BCUT2D eigenvalue weighted by atomic mass is 16.5. The second kappa shape index (κ2) is 5.70. The molecule has 3 atom stereocenters. The first kappa shape index (κ1) is 14.3. The minimum Gasteiger partial charge on any atom is -0.480 e. The highest BCUT2D eigenvalue weighted by molar-refractivity contribution is 5.83. The highest BCUT2D eigenvalue weighted by Crippen LogP contribution is 2.23. The first-order valence-corrected chi connectivity index (χ1v) is 5.72. The van der Waals surface area contributed by atoms with Crippen LogP contribution in [0.1, 0.15) is 13.8 Å². The van der Waals surface area contributed by atoms with Crippen molar-refractivity contribution in [3.8, 4) is 0 Å². The number of amides is 2. The molecule has 0 aromatic heterocycles. The van der Waals surface area contributed by atoms with Crippen LogP contribution in [0.4, 0.5) is 4.79 Å². The summed E-state index contributed by atoms with van der Waals surface area (Å²) < 4.78 is 4.66. The lowest BCUT2D eigenvalue weighted by Crippen LogP contribution is -2.46. The van der Waals surface area contributed by atoms with Crippen LogP contribution in [0.5, 0.6) is 0 Å². The largest absolute Gasteiger partial charge is 0.480 e. The van der Waals surface area contributed by atoms with Crippen LogP contribution >= 0.6 is 0 Å². The Balaban J connectivity index is 2.57. The third-order valence-corrected chi connectivity index (χ3v) is 3.11. The SMILES string of the molecule is COC(=O)C1CN(C(=O)N[C@H](C)C(=O)O)CC1C. The first-order chi connectivity index (χ1) is 8.36. The topological polar surface area (TPSA) is 95.9 Å². The van der Waals surface area contributed by atoms with E-state index in [1.807, 2.05) is 6.92 Å². The number of nitrogens with zero attached hydrogens (tertiary/aromatic N) is 1. The number of urea groups is 1. The number of carboxylic acid groups (broad SMARTS) is 1. The zero-order valence-corrected chi connectivity index (χ0v) is 10.7. The number of methoxy groups -OCH3 is 1. The van der Waals surface area contributed by atoms with Gasteiger partial charge in [-0.3, -0.25) is 9.59 Å². The molecule has 7 heteroatoms. The molecule has 0 bridgehead atoms. The molecule has 1 fully saturated rings. The number of ether oxygens (including phenoxy) is 1. The quantitative estimate of drug-likeness (QED) is 0.690. The number of rotatable bonds is 3. The number of nitrogens with one attached hydrogen (secondary N) is 1. The molecule has 1 aliphatic heterocycles. The second-order valence-electron chi connectivity index (χ2n) is 4.52. The van der Waals surface area contributed by atoms with E-state index in [0.29, 0.717) is 6.54 Å². The van der Waals surface area contributed by atoms with Gasteiger partial charge in [0, 0.05) is 13.1 Å². The van der Waals surface area contributed by atoms with Crippen LogP contribution in [0.3, 0.4) is 0 Å². The Morgan fingerprint density at radius 2 is 2.00 bits per heavy atom. The highest BCUT2D eigenvalue weighted by Gasteiger charge is 2.38. The van der Waals surface area contributed by atoms with E-state index < -0.39 is 18.0 Å². The first-order valence-electron chi connectivity index (χ1n) is 5.72. The predicted octanol–water partition coefficient (Wildman–Crippen LogP) is -0.0900. The summed E-state index contributed by atoms with van der Waals surface area (Å²) in [7, 11) is 1.31. The predicted molar refractivity (Wildman–Crippen MR) is 61.9 cm³/mol. The van der Waals surface area contributed by atoms with Crippen LogP contribution in [0.15, 0.2) is 0 Å². The van der Waals surface area contributed by atoms with E-state index in [2.05, 4.69) is 10.1 Å². The molecule has 7 nitrogen and oxygen atoms in total. The minimum absolute atomic E-state index is 0.00309. The van der Waals surface area contributed by atoms with E-state index in [-0.39, 0.29) is 24.3 Å². The van der Waals surface area contributed by atoms with Crippen LogP contribution in [0.2, 0.25) is 0 Å². The molecule has 0 aliphatic carbocycles. The van der Waals surface area contributed by atoms with Crippen molar-refractivity contribution in [3.63, 3.8) is 0 Å². The Morgan fingerprint density at radius 1 is 1.39 bits per heavy atom. The van der Waals surface area contributed by atoms with E-state index in [4.69, 9.17) is 5.11 Å². The monoisotopic (exact) mass is 258 g/mol. The third-order valence-electron chi connectivity index (χ3n) is 3.11. The fourth-order valence-electron chi connectivity index (χ4n) is 1.93. The lowest BCUT2D eigenvalue weighted by Gasteiger charge is -2.18. The van der Waals surface area contributed by atoms with Gasteiger partial charge in [0.2, 0.25) is 0 Å². The molecular weight excluding hydrogens is 240 g/mol. The molecule has 0 aromatic rings. The Kier molecular flexibility index (Phi) is 4.52. The Labute approximate surface area is 105 Å². The maximum Gasteiger partial charge on any atom is 0.325 e. The normalized spacial score (nSPS) is 24.5. The molecule has 2 N–H and O–H groups in total. The van der Waals surface area contributed by atoms with Gasteiger partial charge in [-0.2, -0.15) is 0 Å². The van der Waals surface area contributed by atoms with Crippen molar-refractivity contribution >= 4 is 18.0 Å². The van der Waals surface area contributed by atoms with Crippen LogP contribution in [-0.4, -0.2) is 54.2 Å². The van der Waals surface area contributed by atoms with Crippen LogP contribution in [0.25, 0.3) is 0 Å². The van der Waals surface area contributed by atoms with Gasteiger partial charge in [-0.05, 0) is 12.8 Å². The summed E-state index contributed by atoms with van der Waals surface area (Å²) in [6.45, 7) is 3.91. The van der Waals surface area contributed by atoms with Gasteiger partial charge in [-0.1, -0.05) is 6.92 Å². The third kappa shape index (κ3) is 3.12. The van der Waals surface area contributed by atoms with Gasteiger partial charge in [-0.25, -0.2) is 4.79 Å². The molecule has 0 saturated carbocycles. The van der Waals surface area contributed by atoms with Gasteiger partial charge in [-0.15, -0.1) is 0 Å². The summed E-state index contributed by atoms with van der Waals surface area (Å²) in [5.74, 6) is -1.78. The summed E-state index contributed by atoms with van der Waals surface area (Å²) in [5, 5.41) is 11.1. The summed E-state index contributed by atoms with van der Waals surface area (Å²) in [6, 6.07) is -1.42. The van der Waals surface area contributed by atoms with Gasteiger partial charge in [0.1, 0.15) is 6.04 Å². The van der Waals surface area contributed by atoms with Crippen LogP contribution in [0, 0.1) is 11.8 Å². The van der Waals surface area contributed by atoms with E-state index in [9.17, 15) is 14.4 Å². The molecule has 1 saturated heterocycles. The number of esters is 1. The van der Waals surface area contributed by atoms with Gasteiger partial charge >= 0.3 is 18.0 Å². The summed E-state index contributed by atoms with van der Waals surface area (Å²) in [5.41, 5.74) is 0. The summed E-state index contributed by atoms with van der Waals surface area (Å²) in [6.07, 6.45) is 0. The van der Waals surface area contributed by atoms with Crippen LogP contribution in [-0.2, 0) is 14.3 Å². The van der Waals surface area contributed by atoms with Crippen molar-refractivity contribution in [1.29, 1.82) is 0 Å². The molecule has 1 aliphatic rings. The van der Waals surface area contributed by atoms with Crippen molar-refractivity contribution in [2.45, 2.75) is 19.9 Å². The van der Waals surface area contributed by atoms with E-state index in [0.717, 1.165) is 0 Å². The van der Waals surface area contributed by atoms with Gasteiger partial charge in [0.05, 0.1) is 13.0 Å². The number of hydrogen-bond donors (Lipinski definition) is 2. The molecular formula is C11H18N2O5. The summed E-state index contributed by atoms with van der Waals surface area (Å²) >= 11 is 0. The van der Waals surface area contributed by atoms with E-state index in [1.54, 1.807) is 0 Å². The second-order valence-corrected chi connectivity index (χ2v) is 4.52. The van der Waals surface area contributed by atoms with Crippen molar-refractivity contribution in [3.05, 3.63) is 0 Å². The number of aliphatic carboxylic acids is 1. The lowest BCUT2D eigenvalue weighted by molar-refractivity contribution is -0.146. The maximum atomic E-state index is 11.8. The Morgan fingerprint density at radius 3 is 2.50 bits per heavy atom. The van der Waals surface area contributed by atoms with Crippen molar-refractivity contribution in [2.75, 3.05) is 20.2 Å². The van der Waals surface area contributed by atoms with Gasteiger partial charge in [0.25, 0.3) is 0 Å². The fourth-order valence-corrected chi connectivity index (χ4v) is 1.93. The maximum absolute atomic E-state index is 11.8. The molecule has 2 amide bonds. The van der Waals surface area contributed by atoms with Crippen molar-refractivity contribution in [2.24, 2.45) is 11.8 Å². The van der Waals surface area contributed by atoms with Crippen molar-refractivity contribution < 1.29 is 24.2 Å². The number of carboxylic acids is 1. The minimum atomic E-state index is -1.10. The molecule has 1 rings (SSSR count). The van der Waals surface area contributed by atoms with E-state index >= 15 is 0 Å². The summed E-state index contributed by atoms with van der Waals surface area (Å²) in [4.78, 5) is 35.3. The molecule has 0 aromatic carbocycles. The van der Waals surface area contributed by atoms with Gasteiger partial charge in [0.15, 0.2) is 0 Å². The number of carbonyl (C=O) groups excluding carboxylic acids is 2. The Hall–Kier alpha value is -1.79. The molecule has 2 unspecified atom stereocenters. The number of hydrogen-bond acceptors (Lipinski definition) is 4. The smallest absolute Gasteiger partial charge is 0.325 e. The van der Waals surface area contributed by atoms with Gasteiger partial charge < -0.3 is 20.1 Å². The van der Waals surface area contributed by atoms with Crippen LogP contribution < -0.4 is 5.32 Å². The number of carbonyl (C=O) groups is 3. The molecule has 1 heterocycles. The molecule has 102 valence electrons. The molecule has 0 radical (unpaired) electrons. The van der Waals surface area contributed by atoms with E-state index in [1.165, 1.54) is 18.9 Å². The number of likely N-dealkylation sites (tertiary alicyclic amines) is 1. The van der Waals surface area contributed by atoms with Crippen molar-refractivity contribution in [1.82, 2.24) is 10.2 Å². The average Bonchev–Trinajstić information content (AvgIpc) is 2.70. The molecule has 18 heavy (non-hydrogen) atoms. The Bertz CT molecular complexity index is 357.